The third kappa shape index (κ3) is 4.43. The summed E-state index contributed by atoms with van der Waals surface area (Å²) >= 11 is 3.49. The molecule has 0 aliphatic carbocycles. The number of hydrogen-bond acceptors (Lipinski definition) is 4. The summed E-state index contributed by atoms with van der Waals surface area (Å²) in [5, 5.41) is 10.1. The highest BCUT2D eigenvalue weighted by Gasteiger charge is 2.30. The second kappa shape index (κ2) is 8.79. The zero-order valence-corrected chi connectivity index (χ0v) is 18.1. The zero-order chi connectivity index (χ0) is 21.1. The van der Waals surface area contributed by atoms with Crippen LogP contribution < -0.4 is 5.32 Å². The van der Waals surface area contributed by atoms with Gasteiger partial charge in [0.15, 0.2) is 0 Å². The zero-order valence-electron chi connectivity index (χ0n) is 16.6. The van der Waals surface area contributed by atoms with Gasteiger partial charge in [0, 0.05) is 35.5 Å². The van der Waals surface area contributed by atoms with Crippen LogP contribution in [-0.2, 0) is 4.79 Å². The van der Waals surface area contributed by atoms with Gasteiger partial charge in [-0.2, -0.15) is 5.10 Å². The molecule has 0 radical (unpaired) electrons. The fourth-order valence-electron chi connectivity index (χ4n) is 3.60. The van der Waals surface area contributed by atoms with E-state index in [0.717, 1.165) is 34.1 Å². The third-order valence-corrected chi connectivity index (χ3v) is 5.90. The van der Waals surface area contributed by atoms with Crippen molar-refractivity contribution in [2.24, 2.45) is 5.92 Å². The Balaban J connectivity index is 1.43. The van der Waals surface area contributed by atoms with E-state index in [4.69, 9.17) is 0 Å². The minimum atomic E-state index is -0.251. The first-order valence-corrected chi connectivity index (χ1v) is 10.6. The average molecular weight is 468 g/mol. The summed E-state index contributed by atoms with van der Waals surface area (Å²) in [6.45, 7) is 3.01. The first-order chi connectivity index (χ1) is 14.5. The molecule has 1 saturated heterocycles. The van der Waals surface area contributed by atoms with Crippen LogP contribution in [0.4, 0.5) is 5.69 Å². The number of carbonyl (C=O) groups excluding carboxylic acids is 2. The highest BCUT2D eigenvalue weighted by atomic mass is 79.9. The smallest absolute Gasteiger partial charge is 0.271 e. The minimum absolute atomic E-state index is 0.0702. The normalized spacial score (nSPS) is 16.3. The Morgan fingerprint density at radius 2 is 2.00 bits per heavy atom. The lowest BCUT2D eigenvalue weighted by Gasteiger charge is -2.31. The van der Waals surface area contributed by atoms with Gasteiger partial charge in [-0.05, 0) is 71.6 Å². The van der Waals surface area contributed by atoms with Crippen molar-refractivity contribution in [3.63, 3.8) is 0 Å². The van der Waals surface area contributed by atoms with Crippen LogP contribution >= 0.6 is 15.9 Å². The number of nitrogens with zero attached hydrogens (tertiary/aromatic N) is 3. The van der Waals surface area contributed by atoms with Crippen molar-refractivity contribution in [1.82, 2.24) is 20.1 Å². The molecule has 1 aromatic carbocycles. The van der Waals surface area contributed by atoms with Gasteiger partial charge in [0.2, 0.25) is 5.91 Å². The molecule has 154 valence electrons. The van der Waals surface area contributed by atoms with Crippen molar-refractivity contribution in [3.05, 3.63) is 64.5 Å². The van der Waals surface area contributed by atoms with E-state index in [1.54, 1.807) is 23.4 Å². The van der Waals surface area contributed by atoms with E-state index in [9.17, 15) is 9.59 Å². The molecule has 1 fully saturated rings. The summed E-state index contributed by atoms with van der Waals surface area (Å²) in [6, 6.07) is 11.2. The van der Waals surface area contributed by atoms with Gasteiger partial charge >= 0.3 is 0 Å². The number of benzene rings is 1. The van der Waals surface area contributed by atoms with Crippen LogP contribution in [0.2, 0.25) is 0 Å². The lowest BCUT2D eigenvalue weighted by atomic mass is 9.96. The minimum Gasteiger partial charge on any atom is -0.337 e. The molecule has 30 heavy (non-hydrogen) atoms. The maximum absolute atomic E-state index is 13.0. The fraction of sp³-hybridized carbons (Fsp3) is 0.273. The van der Waals surface area contributed by atoms with Crippen LogP contribution in [-0.4, -0.2) is 45.0 Å². The molecular weight excluding hydrogens is 446 g/mol. The Morgan fingerprint density at radius 1 is 1.20 bits per heavy atom. The summed E-state index contributed by atoms with van der Waals surface area (Å²) in [5.74, 6) is -0.463. The Morgan fingerprint density at radius 3 is 2.77 bits per heavy atom. The number of likely N-dealkylation sites (tertiary alicyclic amines) is 1. The fourth-order valence-corrected chi connectivity index (χ4v) is 4.20. The number of nitrogens with one attached hydrogen (secondary N) is 2. The monoisotopic (exact) mass is 467 g/mol. The molecule has 8 heteroatoms. The largest absolute Gasteiger partial charge is 0.337 e. The summed E-state index contributed by atoms with van der Waals surface area (Å²) in [6.07, 6.45) is 4.91. The molecule has 2 amide bonds. The van der Waals surface area contributed by atoms with Gasteiger partial charge in [0.25, 0.3) is 5.91 Å². The van der Waals surface area contributed by atoms with Crippen molar-refractivity contribution in [3.8, 4) is 11.3 Å². The number of H-pyrrole nitrogens is 1. The van der Waals surface area contributed by atoms with Gasteiger partial charge in [-0.15, -0.1) is 0 Å². The Labute approximate surface area is 183 Å². The van der Waals surface area contributed by atoms with E-state index < -0.39 is 0 Å². The molecule has 2 N–H and O–H groups in total. The Bertz CT molecular complexity index is 1070. The number of rotatable bonds is 4. The number of aromatic amines is 1. The summed E-state index contributed by atoms with van der Waals surface area (Å²) in [4.78, 5) is 31.5. The lowest BCUT2D eigenvalue weighted by Crippen LogP contribution is -2.43. The topological polar surface area (TPSA) is 91.0 Å². The summed E-state index contributed by atoms with van der Waals surface area (Å²) < 4.78 is 0.848. The maximum Gasteiger partial charge on any atom is 0.271 e. The maximum atomic E-state index is 13.0. The van der Waals surface area contributed by atoms with Crippen LogP contribution in [0.25, 0.3) is 11.3 Å². The molecule has 3 heterocycles. The van der Waals surface area contributed by atoms with Crippen LogP contribution in [0.15, 0.2) is 53.3 Å². The number of pyridine rings is 1. The molecule has 0 spiro atoms. The number of aryl methyl sites for hydroxylation is 1. The standard InChI is InChI=1S/C22H22BrN5O2/c1-14-4-5-18(17(23)11-14)25-21(29)16-3-2-10-28(13-16)22(30)20-12-19(26-27-20)15-6-8-24-9-7-15/h4-9,11-12,16H,2-3,10,13H2,1H3,(H,25,29)(H,26,27). The van der Waals surface area contributed by atoms with Crippen LogP contribution in [0.5, 0.6) is 0 Å². The third-order valence-electron chi connectivity index (χ3n) is 5.25. The van der Waals surface area contributed by atoms with E-state index in [1.165, 1.54) is 0 Å². The molecular formula is C22H22BrN5O2. The number of piperidine rings is 1. The molecule has 1 unspecified atom stereocenters. The van der Waals surface area contributed by atoms with Crippen molar-refractivity contribution in [2.75, 3.05) is 18.4 Å². The number of hydrogen-bond donors (Lipinski definition) is 2. The van der Waals surface area contributed by atoms with E-state index >= 15 is 0 Å². The lowest BCUT2D eigenvalue weighted by molar-refractivity contribution is -0.121. The molecule has 1 aliphatic rings. The van der Waals surface area contributed by atoms with Crippen molar-refractivity contribution < 1.29 is 9.59 Å². The predicted octanol–water partition coefficient (Wildman–Crippen LogP) is 4.03. The second-order valence-corrected chi connectivity index (χ2v) is 8.32. The predicted molar refractivity (Wildman–Crippen MR) is 118 cm³/mol. The SMILES string of the molecule is Cc1ccc(NC(=O)C2CCCN(C(=O)c3cc(-c4ccncc4)n[nH]3)C2)c(Br)c1. The van der Waals surface area contributed by atoms with Gasteiger partial charge in [-0.1, -0.05) is 6.07 Å². The average Bonchev–Trinajstić information content (AvgIpc) is 3.26. The molecule has 0 bridgehead atoms. The highest BCUT2D eigenvalue weighted by Crippen LogP contribution is 2.26. The highest BCUT2D eigenvalue weighted by molar-refractivity contribution is 9.10. The van der Waals surface area contributed by atoms with Crippen molar-refractivity contribution >= 4 is 33.4 Å². The quantitative estimate of drug-likeness (QED) is 0.605. The van der Waals surface area contributed by atoms with Gasteiger partial charge < -0.3 is 10.2 Å². The van der Waals surface area contributed by atoms with Crippen molar-refractivity contribution in [1.29, 1.82) is 0 Å². The van der Waals surface area contributed by atoms with Gasteiger partial charge in [0.05, 0.1) is 17.3 Å². The molecule has 3 aromatic rings. The second-order valence-electron chi connectivity index (χ2n) is 7.47. The van der Waals surface area contributed by atoms with E-state index in [0.29, 0.717) is 24.5 Å². The number of aromatic nitrogens is 3. The summed E-state index contributed by atoms with van der Waals surface area (Å²) in [7, 11) is 0. The van der Waals surface area contributed by atoms with E-state index in [1.807, 2.05) is 37.3 Å². The Kier molecular flexibility index (Phi) is 5.94. The van der Waals surface area contributed by atoms with E-state index in [2.05, 4.69) is 36.4 Å². The first-order valence-electron chi connectivity index (χ1n) is 9.83. The van der Waals surface area contributed by atoms with Crippen LogP contribution in [0.1, 0.15) is 28.9 Å². The van der Waals surface area contributed by atoms with Gasteiger partial charge in [0.1, 0.15) is 5.69 Å². The molecule has 4 rings (SSSR count). The Hall–Kier alpha value is -3.00. The number of amides is 2. The molecule has 7 nitrogen and oxygen atoms in total. The number of carbonyl (C=O) groups is 2. The van der Waals surface area contributed by atoms with Gasteiger partial charge in [-0.3, -0.25) is 19.7 Å². The molecule has 2 aromatic heterocycles. The van der Waals surface area contributed by atoms with Crippen LogP contribution in [0.3, 0.4) is 0 Å². The number of halogens is 1. The summed E-state index contributed by atoms with van der Waals surface area (Å²) in [5.41, 5.74) is 3.85. The molecule has 0 saturated carbocycles. The number of anilines is 1. The molecule has 1 aliphatic heterocycles. The first kappa shape index (κ1) is 20.3. The van der Waals surface area contributed by atoms with Crippen LogP contribution in [0, 0.1) is 12.8 Å². The van der Waals surface area contributed by atoms with E-state index in [-0.39, 0.29) is 17.7 Å². The van der Waals surface area contributed by atoms with Crippen molar-refractivity contribution in [2.45, 2.75) is 19.8 Å². The molecule has 1 atom stereocenters. The van der Waals surface area contributed by atoms with Gasteiger partial charge in [-0.25, -0.2) is 0 Å².